The van der Waals surface area contributed by atoms with Crippen molar-refractivity contribution in [1.29, 1.82) is 0 Å². The molecule has 0 fully saturated rings. The minimum atomic E-state index is -0.687. The van der Waals surface area contributed by atoms with E-state index in [0.717, 1.165) is 4.57 Å². The van der Waals surface area contributed by atoms with E-state index in [1.807, 2.05) is 6.92 Å². The van der Waals surface area contributed by atoms with Crippen LogP contribution in [0.15, 0.2) is 9.59 Å². The Morgan fingerprint density at radius 1 is 1.56 bits per heavy atom. The SMILES string of the molecule is C#CC(C)n1c(O)c(CCC)c(=O)[nH]c1=O. The topological polar surface area (TPSA) is 75.1 Å². The summed E-state index contributed by atoms with van der Waals surface area (Å²) >= 11 is 0. The third-order valence-electron chi connectivity index (χ3n) is 2.34. The Labute approximate surface area is 92.8 Å². The molecule has 5 nitrogen and oxygen atoms in total. The summed E-state index contributed by atoms with van der Waals surface area (Å²) in [6.45, 7) is 3.47. The lowest BCUT2D eigenvalue weighted by Gasteiger charge is -2.13. The molecule has 0 saturated carbocycles. The average Bonchev–Trinajstić information content (AvgIpc) is 2.23. The fourth-order valence-corrected chi connectivity index (χ4v) is 1.49. The molecule has 5 heteroatoms. The van der Waals surface area contributed by atoms with Crippen molar-refractivity contribution in [2.24, 2.45) is 0 Å². The van der Waals surface area contributed by atoms with Crippen molar-refractivity contribution >= 4 is 0 Å². The van der Waals surface area contributed by atoms with Gasteiger partial charge >= 0.3 is 5.69 Å². The molecule has 0 saturated heterocycles. The summed E-state index contributed by atoms with van der Waals surface area (Å²) in [5, 5.41) is 9.83. The molecule has 1 unspecified atom stereocenters. The van der Waals surface area contributed by atoms with Gasteiger partial charge in [-0.15, -0.1) is 6.42 Å². The van der Waals surface area contributed by atoms with E-state index in [1.54, 1.807) is 6.92 Å². The summed E-state index contributed by atoms with van der Waals surface area (Å²) in [6.07, 6.45) is 6.29. The highest BCUT2D eigenvalue weighted by Crippen LogP contribution is 2.16. The molecule has 86 valence electrons. The standard InChI is InChI=1S/C11H14N2O3/c1-4-6-8-9(14)12-11(16)13(10(8)15)7(3)5-2/h2,7,15H,4,6H2,1,3H3,(H,12,14,16). The van der Waals surface area contributed by atoms with Crippen LogP contribution in [0.1, 0.15) is 31.9 Å². The molecule has 0 amide bonds. The van der Waals surface area contributed by atoms with E-state index in [2.05, 4.69) is 10.9 Å². The Kier molecular flexibility index (Phi) is 3.56. The van der Waals surface area contributed by atoms with Gasteiger partial charge in [0.25, 0.3) is 5.56 Å². The van der Waals surface area contributed by atoms with Gasteiger partial charge in [-0.05, 0) is 13.3 Å². The second kappa shape index (κ2) is 4.71. The first-order valence-electron chi connectivity index (χ1n) is 5.05. The molecule has 0 aliphatic rings. The van der Waals surface area contributed by atoms with Gasteiger partial charge in [-0.1, -0.05) is 19.3 Å². The van der Waals surface area contributed by atoms with E-state index in [0.29, 0.717) is 12.8 Å². The van der Waals surface area contributed by atoms with E-state index < -0.39 is 17.3 Å². The predicted molar refractivity (Wildman–Crippen MR) is 60.5 cm³/mol. The van der Waals surface area contributed by atoms with Crippen LogP contribution in [-0.2, 0) is 6.42 Å². The Bertz CT molecular complexity index is 534. The van der Waals surface area contributed by atoms with Gasteiger partial charge in [-0.3, -0.25) is 9.78 Å². The lowest BCUT2D eigenvalue weighted by atomic mass is 10.2. The van der Waals surface area contributed by atoms with Gasteiger partial charge in [0.1, 0.15) is 0 Å². The van der Waals surface area contributed by atoms with Gasteiger partial charge in [0, 0.05) is 0 Å². The van der Waals surface area contributed by atoms with E-state index in [-0.39, 0.29) is 11.4 Å². The number of hydrogen-bond donors (Lipinski definition) is 2. The van der Waals surface area contributed by atoms with E-state index >= 15 is 0 Å². The molecule has 1 rings (SSSR count). The molecule has 0 radical (unpaired) electrons. The number of hydrogen-bond acceptors (Lipinski definition) is 3. The maximum atomic E-state index is 11.5. The second-order valence-corrected chi connectivity index (χ2v) is 3.52. The highest BCUT2D eigenvalue weighted by Gasteiger charge is 2.15. The largest absolute Gasteiger partial charge is 0.494 e. The fourth-order valence-electron chi connectivity index (χ4n) is 1.49. The summed E-state index contributed by atoms with van der Waals surface area (Å²) in [4.78, 5) is 25.0. The molecule has 0 spiro atoms. The number of rotatable bonds is 3. The van der Waals surface area contributed by atoms with E-state index in [9.17, 15) is 14.7 Å². The van der Waals surface area contributed by atoms with E-state index in [1.165, 1.54) is 0 Å². The third-order valence-corrected chi connectivity index (χ3v) is 2.34. The number of aromatic amines is 1. The summed E-state index contributed by atoms with van der Waals surface area (Å²) in [5.74, 6) is 2.00. The van der Waals surface area contributed by atoms with Crippen LogP contribution in [0.2, 0.25) is 0 Å². The molecular formula is C11H14N2O3. The third kappa shape index (κ3) is 2.01. The molecule has 0 aromatic carbocycles. The zero-order valence-corrected chi connectivity index (χ0v) is 9.28. The van der Waals surface area contributed by atoms with Crippen molar-refractivity contribution < 1.29 is 5.11 Å². The summed E-state index contributed by atoms with van der Waals surface area (Å²) in [7, 11) is 0. The average molecular weight is 222 g/mol. The van der Waals surface area contributed by atoms with Crippen molar-refractivity contribution in [3.05, 3.63) is 26.4 Å². The minimum Gasteiger partial charge on any atom is -0.494 e. The molecule has 0 bridgehead atoms. The maximum absolute atomic E-state index is 11.5. The lowest BCUT2D eigenvalue weighted by molar-refractivity contribution is 0.387. The van der Waals surface area contributed by atoms with Crippen LogP contribution in [0.25, 0.3) is 0 Å². The number of aromatic nitrogens is 2. The fraction of sp³-hybridized carbons (Fsp3) is 0.455. The Balaban J connectivity index is 3.53. The summed E-state index contributed by atoms with van der Waals surface area (Å²) in [6, 6.07) is -0.597. The zero-order valence-electron chi connectivity index (χ0n) is 9.28. The van der Waals surface area contributed by atoms with Crippen LogP contribution in [0, 0.1) is 12.3 Å². The van der Waals surface area contributed by atoms with Crippen molar-refractivity contribution in [3.8, 4) is 18.2 Å². The monoisotopic (exact) mass is 222 g/mol. The van der Waals surface area contributed by atoms with Crippen molar-refractivity contribution in [3.63, 3.8) is 0 Å². The maximum Gasteiger partial charge on any atom is 0.332 e. The van der Waals surface area contributed by atoms with Gasteiger partial charge in [0.2, 0.25) is 5.88 Å². The summed E-state index contributed by atoms with van der Waals surface area (Å²) < 4.78 is 1.01. The normalized spacial score (nSPS) is 12.1. The lowest BCUT2D eigenvalue weighted by Crippen LogP contribution is -2.33. The van der Waals surface area contributed by atoms with Crippen LogP contribution < -0.4 is 11.2 Å². The quantitative estimate of drug-likeness (QED) is 0.726. The minimum absolute atomic E-state index is 0.198. The van der Waals surface area contributed by atoms with Gasteiger partial charge < -0.3 is 5.11 Å². The number of H-pyrrole nitrogens is 1. The first-order chi connectivity index (χ1) is 7.52. The highest BCUT2D eigenvalue weighted by molar-refractivity contribution is 5.24. The highest BCUT2D eigenvalue weighted by atomic mass is 16.3. The number of nitrogens with zero attached hydrogens (tertiary/aromatic N) is 1. The van der Waals surface area contributed by atoms with Crippen molar-refractivity contribution in [2.45, 2.75) is 32.7 Å². The van der Waals surface area contributed by atoms with Gasteiger partial charge in [-0.25, -0.2) is 9.36 Å². The number of aromatic hydroxyl groups is 1. The molecular weight excluding hydrogens is 208 g/mol. The van der Waals surface area contributed by atoms with Crippen LogP contribution in [0.4, 0.5) is 0 Å². The first-order valence-corrected chi connectivity index (χ1v) is 5.05. The molecule has 1 heterocycles. The molecule has 0 aliphatic carbocycles. The first kappa shape index (κ1) is 12.1. The summed E-state index contributed by atoms with van der Waals surface area (Å²) in [5.41, 5.74) is -1.04. The number of nitrogens with one attached hydrogen (secondary N) is 1. The molecule has 0 aliphatic heterocycles. The van der Waals surface area contributed by atoms with Gasteiger partial charge in [0.15, 0.2) is 0 Å². The molecule has 1 atom stereocenters. The number of terminal acetylenes is 1. The molecule has 1 aromatic rings. The molecule has 1 aromatic heterocycles. The van der Waals surface area contributed by atoms with Crippen LogP contribution >= 0.6 is 0 Å². The van der Waals surface area contributed by atoms with E-state index in [4.69, 9.17) is 6.42 Å². The van der Waals surface area contributed by atoms with Crippen LogP contribution in [0.3, 0.4) is 0 Å². The Morgan fingerprint density at radius 3 is 2.69 bits per heavy atom. The van der Waals surface area contributed by atoms with Crippen molar-refractivity contribution in [2.75, 3.05) is 0 Å². The smallest absolute Gasteiger partial charge is 0.332 e. The van der Waals surface area contributed by atoms with Crippen LogP contribution in [-0.4, -0.2) is 14.7 Å². The molecule has 16 heavy (non-hydrogen) atoms. The van der Waals surface area contributed by atoms with Crippen LogP contribution in [0.5, 0.6) is 5.88 Å². The molecule has 2 N–H and O–H groups in total. The second-order valence-electron chi connectivity index (χ2n) is 3.52. The van der Waals surface area contributed by atoms with Gasteiger partial charge in [-0.2, -0.15) is 0 Å². The predicted octanol–water partition coefficient (Wildman–Crippen LogP) is 0.389. The van der Waals surface area contributed by atoms with Crippen molar-refractivity contribution in [1.82, 2.24) is 9.55 Å². The van der Waals surface area contributed by atoms with Gasteiger partial charge in [0.05, 0.1) is 11.6 Å². The zero-order chi connectivity index (χ0) is 12.3. The Morgan fingerprint density at radius 2 is 2.19 bits per heavy atom. The Hall–Kier alpha value is -1.96.